The van der Waals surface area contributed by atoms with E-state index < -0.39 is 0 Å². The second-order valence-electron chi connectivity index (χ2n) is 5.35. The molecule has 0 bridgehead atoms. The van der Waals surface area contributed by atoms with Gasteiger partial charge in [-0.25, -0.2) is 0 Å². The molecule has 0 fully saturated rings. The molecule has 0 aromatic carbocycles. The number of Topliss-reactive ketones (excluding diaryl/α,β-unsaturated/α-hetero) is 4. The fourth-order valence-corrected chi connectivity index (χ4v) is 0.701. The number of carbonyl (C=O) groups excluding carboxylic acids is 4. The summed E-state index contributed by atoms with van der Waals surface area (Å²) in [5.41, 5.74) is 0. The number of aliphatic hydroxyl groups excluding tert-OH is 2. The first kappa shape index (κ1) is 34.4. The van der Waals surface area contributed by atoms with Crippen LogP contribution in [0, 0.1) is 0 Å². The molecule has 0 aromatic heterocycles. The third kappa shape index (κ3) is 169. The Morgan fingerprint density at radius 3 is 0.708 bits per heavy atom. The van der Waals surface area contributed by atoms with Crippen LogP contribution in [-0.2, 0) is 42.9 Å². The Hall–Kier alpha value is -0.886. The maximum absolute atomic E-state index is 10.0. The minimum atomic E-state index is -0.167. The summed E-state index contributed by atoms with van der Waals surface area (Å²) in [4.78, 5) is 40.1. The van der Waals surface area contributed by atoms with Crippen LogP contribution >= 0.6 is 0 Å². The first-order chi connectivity index (χ1) is 10.7. The van der Waals surface area contributed by atoms with Gasteiger partial charge >= 0.3 is 23.7 Å². The zero-order valence-electron chi connectivity index (χ0n) is 16.0. The number of hydrogen-bond donors (Lipinski definition) is 2. The van der Waals surface area contributed by atoms with Gasteiger partial charge < -0.3 is 10.2 Å². The molecule has 0 aliphatic heterocycles. The summed E-state index contributed by atoms with van der Waals surface area (Å²) < 4.78 is 8.25. The molecule has 0 heterocycles. The molecule has 24 heavy (non-hydrogen) atoms. The van der Waals surface area contributed by atoms with Crippen molar-refractivity contribution in [2.75, 3.05) is 0 Å². The van der Waals surface area contributed by atoms with E-state index in [-0.39, 0.29) is 48.2 Å². The molecule has 0 saturated carbocycles. The van der Waals surface area contributed by atoms with E-state index in [2.05, 4.69) is 0 Å². The van der Waals surface area contributed by atoms with E-state index in [0.717, 1.165) is 20.4 Å². The van der Waals surface area contributed by atoms with Crippen LogP contribution in [0.5, 0.6) is 0 Å². The Kier molecular flexibility index (Phi) is 38.7. The first-order valence-electron chi connectivity index (χ1n) is 7.26. The topological polar surface area (TPSA) is 126 Å². The maximum atomic E-state index is 10.0. The average molecular weight is 384 g/mol. The van der Waals surface area contributed by atoms with Crippen LogP contribution in [0.3, 0.4) is 0 Å². The van der Waals surface area contributed by atoms with Gasteiger partial charge in [0.05, 0.1) is 12.8 Å². The summed E-state index contributed by atoms with van der Waals surface area (Å²) in [6.07, 6.45) is -0.167. The molecule has 0 saturated heterocycles. The average Bonchev–Trinajstić information content (AvgIpc) is 2.26. The molecule has 0 unspecified atom stereocenters. The predicted molar refractivity (Wildman–Crippen MR) is 87.4 cm³/mol. The van der Waals surface area contributed by atoms with E-state index in [9.17, 15) is 19.2 Å². The second-order valence-corrected chi connectivity index (χ2v) is 5.35. The van der Waals surface area contributed by atoms with E-state index in [1.54, 1.807) is 27.7 Å². The van der Waals surface area contributed by atoms with E-state index in [0.29, 0.717) is 0 Å². The summed E-state index contributed by atoms with van der Waals surface area (Å²) in [6.45, 7) is 12.5. The van der Waals surface area contributed by atoms with Crippen LogP contribution in [0.25, 0.3) is 0 Å². The van der Waals surface area contributed by atoms with E-state index in [1.165, 1.54) is 27.7 Å². The number of carbonyl (C=O) groups is 4. The number of rotatable bonds is 4. The summed E-state index contributed by atoms with van der Waals surface area (Å²) in [6, 6.07) is 0. The van der Waals surface area contributed by atoms with Crippen molar-refractivity contribution in [3.8, 4) is 0 Å². The molecule has 2 N–H and O–H groups in total. The van der Waals surface area contributed by atoms with E-state index >= 15 is 0 Å². The van der Waals surface area contributed by atoms with Gasteiger partial charge in [0, 0.05) is 12.2 Å². The molecule has 8 heteroatoms. The Labute approximate surface area is 156 Å². The van der Waals surface area contributed by atoms with Crippen LogP contribution in [-0.4, -0.2) is 45.6 Å². The Morgan fingerprint density at radius 2 is 0.708 bits per heavy atom. The molecule has 0 rings (SSSR count). The van der Waals surface area contributed by atoms with Crippen molar-refractivity contribution < 1.29 is 53.1 Å². The van der Waals surface area contributed by atoms with Gasteiger partial charge in [-0.3, -0.25) is 19.2 Å². The molecule has 0 aliphatic rings. The van der Waals surface area contributed by atoms with E-state index in [1.807, 2.05) is 0 Å². The Balaban J connectivity index is -0.0000000666. The predicted octanol–water partition coefficient (Wildman–Crippen LogP) is 1.76. The fraction of sp³-hybridized carbons (Fsp3) is 0.750. The number of aliphatic hydroxyl groups is 2. The van der Waals surface area contributed by atoms with Crippen molar-refractivity contribution in [3.63, 3.8) is 0 Å². The van der Waals surface area contributed by atoms with Crippen molar-refractivity contribution in [3.05, 3.63) is 0 Å². The quantitative estimate of drug-likeness (QED) is 0.559. The summed E-state index contributed by atoms with van der Waals surface area (Å²) >= 11 is 0.750. The molecular formula is C16H32O7Ti. The number of ketones is 4. The SMILES string of the molecule is CC(=O)CC(C)=O.CC(=O)CC(C)=O.CC(C)O.CC(C)O.[O]=[Ti]. The monoisotopic (exact) mass is 384 g/mol. The van der Waals surface area contributed by atoms with Gasteiger partial charge in [0.2, 0.25) is 0 Å². The minimum absolute atomic E-state index is 0.0625. The summed E-state index contributed by atoms with van der Waals surface area (Å²) in [7, 11) is 0. The van der Waals surface area contributed by atoms with E-state index in [4.69, 9.17) is 13.5 Å². The molecule has 0 amide bonds. The van der Waals surface area contributed by atoms with Crippen molar-refractivity contribution in [2.24, 2.45) is 0 Å². The van der Waals surface area contributed by atoms with Gasteiger partial charge in [-0.2, -0.15) is 0 Å². The van der Waals surface area contributed by atoms with Crippen LogP contribution in [0.1, 0.15) is 68.2 Å². The molecule has 0 atom stereocenters. The van der Waals surface area contributed by atoms with Crippen molar-refractivity contribution in [2.45, 2.75) is 80.4 Å². The van der Waals surface area contributed by atoms with Gasteiger partial charge in [-0.05, 0) is 55.4 Å². The number of hydrogen-bond acceptors (Lipinski definition) is 7. The molecule has 0 radical (unpaired) electrons. The summed E-state index contributed by atoms with van der Waals surface area (Å²) in [5, 5.41) is 16.1. The zero-order chi connectivity index (χ0) is 20.9. The summed E-state index contributed by atoms with van der Waals surface area (Å²) in [5.74, 6) is -0.250. The van der Waals surface area contributed by atoms with Crippen LogP contribution in [0.2, 0.25) is 0 Å². The molecule has 0 aliphatic carbocycles. The van der Waals surface area contributed by atoms with Crippen molar-refractivity contribution in [1.82, 2.24) is 0 Å². The van der Waals surface area contributed by atoms with Gasteiger partial charge in [-0.15, -0.1) is 0 Å². The normalized spacial score (nSPS) is 7.96. The molecule has 0 aromatic rings. The van der Waals surface area contributed by atoms with Gasteiger partial charge in [-0.1, -0.05) is 0 Å². The van der Waals surface area contributed by atoms with Gasteiger partial charge in [0.1, 0.15) is 23.1 Å². The zero-order valence-corrected chi connectivity index (χ0v) is 17.6. The first-order valence-corrected chi connectivity index (χ1v) is 7.90. The molecular weight excluding hydrogens is 352 g/mol. The van der Waals surface area contributed by atoms with Crippen molar-refractivity contribution >= 4 is 23.1 Å². The molecule has 7 nitrogen and oxygen atoms in total. The van der Waals surface area contributed by atoms with Gasteiger partial charge in [0.15, 0.2) is 0 Å². The van der Waals surface area contributed by atoms with Gasteiger partial charge in [0.25, 0.3) is 0 Å². The third-order valence-corrected chi connectivity index (χ3v) is 0.996. The van der Waals surface area contributed by atoms with Crippen molar-refractivity contribution in [1.29, 1.82) is 0 Å². The standard InChI is InChI=1S/2C5H8O2.2C3H8O.O.Ti/c2*1-4(6)3-5(2)7;2*1-3(2)4;;/h2*3H2,1-2H3;2*3-4H,1-2H3;;. The Morgan fingerprint density at radius 1 is 0.625 bits per heavy atom. The van der Waals surface area contributed by atoms with Crippen LogP contribution in [0.15, 0.2) is 0 Å². The van der Waals surface area contributed by atoms with Crippen LogP contribution < -0.4 is 0 Å². The fourth-order valence-electron chi connectivity index (χ4n) is 0.701. The molecule has 0 spiro atoms. The second kappa shape index (κ2) is 27.0. The Bertz CT molecular complexity index is 278. The van der Waals surface area contributed by atoms with Crippen LogP contribution in [0.4, 0.5) is 0 Å². The molecule has 142 valence electrons. The third-order valence-electron chi connectivity index (χ3n) is 0.996.